The Morgan fingerprint density at radius 3 is 2.85 bits per heavy atom. The molecule has 0 saturated carbocycles. The number of nitrogens with one attached hydrogen (secondary N) is 1. The topological polar surface area (TPSA) is 32.3 Å². The number of rotatable bonds is 1. The van der Waals surface area contributed by atoms with Gasteiger partial charge in [-0.1, -0.05) is 5.92 Å². The van der Waals surface area contributed by atoms with E-state index in [0.717, 1.165) is 19.6 Å². The minimum atomic E-state index is -0.476. The molecule has 0 spiro atoms. The zero-order chi connectivity index (χ0) is 9.90. The molecular weight excluding hydrogens is 164 g/mol. The summed E-state index contributed by atoms with van der Waals surface area (Å²) in [7, 11) is 2.02. The van der Waals surface area contributed by atoms with Crippen LogP contribution in [0.25, 0.3) is 0 Å². The van der Waals surface area contributed by atoms with Crippen LogP contribution in [0.15, 0.2) is 0 Å². The van der Waals surface area contributed by atoms with Crippen molar-refractivity contribution < 1.29 is 4.79 Å². The second kappa shape index (κ2) is 3.91. The number of ketones is 1. The molecule has 72 valence electrons. The Kier molecular flexibility index (Phi) is 3.07. The molecule has 1 fully saturated rings. The van der Waals surface area contributed by atoms with Gasteiger partial charge >= 0.3 is 0 Å². The number of carbonyl (C=O) groups excluding carboxylic acids is 1. The molecule has 1 aliphatic heterocycles. The number of nitrogens with zero attached hydrogens (tertiary/aromatic N) is 1. The van der Waals surface area contributed by atoms with E-state index in [0.29, 0.717) is 0 Å². The fraction of sp³-hybridized carbons (Fsp3) is 0.700. The molecule has 1 aliphatic rings. The maximum Gasteiger partial charge on any atom is 0.226 e. The van der Waals surface area contributed by atoms with Crippen LogP contribution in [-0.4, -0.2) is 42.9 Å². The van der Waals surface area contributed by atoms with E-state index < -0.39 is 5.54 Å². The van der Waals surface area contributed by atoms with Crippen LogP contribution in [0.5, 0.6) is 0 Å². The maximum absolute atomic E-state index is 11.6. The quantitative estimate of drug-likeness (QED) is 0.451. The zero-order valence-corrected chi connectivity index (χ0v) is 8.48. The summed E-state index contributed by atoms with van der Waals surface area (Å²) in [5.41, 5.74) is -0.476. The number of Topliss-reactive ketones (excluding diaryl/α,β-unsaturated/α-hetero) is 1. The molecule has 1 heterocycles. The van der Waals surface area contributed by atoms with Crippen molar-refractivity contribution in [2.45, 2.75) is 19.4 Å². The van der Waals surface area contributed by atoms with Crippen molar-refractivity contribution in [1.82, 2.24) is 10.2 Å². The van der Waals surface area contributed by atoms with Crippen molar-refractivity contribution in [3.8, 4) is 11.8 Å². The van der Waals surface area contributed by atoms with E-state index in [2.05, 4.69) is 22.1 Å². The first-order valence-electron chi connectivity index (χ1n) is 4.49. The van der Waals surface area contributed by atoms with Crippen molar-refractivity contribution in [3.05, 3.63) is 0 Å². The van der Waals surface area contributed by atoms with Gasteiger partial charge in [-0.3, -0.25) is 4.79 Å². The summed E-state index contributed by atoms with van der Waals surface area (Å²) < 4.78 is 0. The standard InChI is InChI=1S/C10H16N2O/c1-4-5-9(13)10(2)8-12(3)7-6-11-10/h11H,6-8H2,1-3H3. The van der Waals surface area contributed by atoms with E-state index in [4.69, 9.17) is 0 Å². The van der Waals surface area contributed by atoms with Crippen molar-refractivity contribution >= 4 is 5.78 Å². The third kappa shape index (κ3) is 2.30. The zero-order valence-electron chi connectivity index (χ0n) is 8.48. The Labute approximate surface area is 79.5 Å². The van der Waals surface area contributed by atoms with Crippen LogP contribution >= 0.6 is 0 Å². The number of piperazine rings is 1. The molecule has 13 heavy (non-hydrogen) atoms. The van der Waals surface area contributed by atoms with Gasteiger partial charge in [0.25, 0.3) is 0 Å². The molecular formula is C10H16N2O. The largest absolute Gasteiger partial charge is 0.303 e. The van der Waals surface area contributed by atoms with Crippen molar-refractivity contribution in [3.63, 3.8) is 0 Å². The highest BCUT2D eigenvalue weighted by Gasteiger charge is 2.35. The lowest BCUT2D eigenvalue weighted by atomic mass is 9.94. The van der Waals surface area contributed by atoms with E-state index in [-0.39, 0.29) is 5.78 Å². The van der Waals surface area contributed by atoms with E-state index in [1.807, 2.05) is 14.0 Å². The maximum atomic E-state index is 11.6. The second-order valence-electron chi connectivity index (χ2n) is 3.70. The predicted octanol–water partition coefficient (Wildman–Crippen LogP) is -0.127. The minimum Gasteiger partial charge on any atom is -0.303 e. The van der Waals surface area contributed by atoms with Gasteiger partial charge in [-0.05, 0) is 26.8 Å². The fourth-order valence-corrected chi connectivity index (χ4v) is 1.60. The Bertz CT molecular complexity index is 264. The second-order valence-corrected chi connectivity index (χ2v) is 3.70. The van der Waals surface area contributed by atoms with E-state index in [1.165, 1.54) is 0 Å². The molecule has 1 N–H and O–H groups in total. The lowest BCUT2D eigenvalue weighted by Gasteiger charge is -2.37. The molecule has 0 bridgehead atoms. The molecule has 0 aromatic carbocycles. The smallest absolute Gasteiger partial charge is 0.226 e. The number of hydrogen-bond donors (Lipinski definition) is 1. The first-order valence-corrected chi connectivity index (χ1v) is 4.49. The van der Waals surface area contributed by atoms with Gasteiger partial charge < -0.3 is 10.2 Å². The molecule has 1 rings (SSSR count). The fourth-order valence-electron chi connectivity index (χ4n) is 1.60. The minimum absolute atomic E-state index is 0.0125. The summed E-state index contributed by atoms with van der Waals surface area (Å²) >= 11 is 0. The van der Waals surface area contributed by atoms with Crippen molar-refractivity contribution in [1.29, 1.82) is 0 Å². The molecule has 1 saturated heterocycles. The summed E-state index contributed by atoms with van der Waals surface area (Å²) in [5, 5.41) is 3.22. The average molecular weight is 180 g/mol. The monoisotopic (exact) mass is 180 g/mol. The van der Waals surface area contributed by atoms with Crippen LogP contribution in [0.2, 0.25) is 0 Å². The van der Waals surface area contributed by atoms with Gasteiger partial charge in [0.2, 0.25) is 5.78 Å². The van der Waals surface area contributed by atoms with Crippen LogP contribution in [0.1, 0.15) is 13.8 Å². The molecule has 0 aromatic heterocycles. The molecule has 0 aromatic rings. The number of carbonyl (C=O) groups is 1. The molecule has 1 atom stereocenters. The average Bonchev–Trinajstić information content (AvgIpc) is 2.04. The SMILES string of the molecule is CC#CC(=O)C1(C)CN(C)CCN1. The summed E-state index contributed by atoms with van der Waals surface area (Å²) in [6.45, 7) is 6.18. The van der Waals surface area contributed by atoms with Crippen LogP contribution < -0.4 is 5.32 Å². The lowest BCUT2D eigenvalue weighted by molar-refractivity contribution is -0.120. The third-order valence-electron chi connectivity index (χ3n) is 2.33. The molecule has 1 unspecified atom stereocenters. The van der Waals surface area contributed by atoms with Gasteiger partial charge in [-0.15, -0.1) is 0 Å². The van der Waals surface area contributed by atoms with E-state index in [1.54, 1.807) is 6.92 Å². The molecule has 0 aliphatic carbocycles. The lowest BCUT2D eigenvalue weighted by Crippen LogP contribution is -2.61. The Hall–Kier alpha value is -0.850. The Morgan fingerprint density at radius 2 is 2.31 bits per heavy atom. The first kappa shape index (κ1) is 10.2. The normalized spacial score (nSPS) is 29.2. The molecule has 3 heteroatoms. The van der Waals surface area contributed by atoms with Gasteiger partial charge in [0, 0.05) is 19.6 Å². The predicted molar refractivity (Wildman–Crippen MR) is 52.4 cm³/mol. The molecule has 3 nitrogen and oxygen atoms in total. The summed E-state index contributed by atoms with van der Waals surface area (Å²) in [6.07, 6.45) is 0. The van der Waals surface area contributed by atoms with Gasteiger partial charge in [0.1, 0.15) is 0 Å². The van der Waals surface area contributed by atoms with Crippen LogP contribution in [0.4, 0.5) is 0 Å². The van der Waals surface area contributed by atoms with E-state index in [9.17, 15) is 4.79 Å². The van der Waals surface area contributed by atoms with E-state index >= 15 is 0 Å². The Morgan fingerprint density at radius 1 is 1.62 bits per heavy atom. The summed E-state index contributed by atoms with van der Waals surface area (Å²) in [4.78, 5) is 13.7. The Balaban J connectivity index is 2.72. The van der Waals surface area contributed by atoms with Gasteiger partial charge in [-0.25, -0.2) is 0 Å². The first-order chi connectivity index (χ1) is 6.08. The molecule has 0 amide bonds. The van der Waals surface area contributed by atoms with Gasteiger partial charge in [0.05, 0.1) is 5.54 Å². The van der Waals surface area contributed by atoms with Crippen molar-refractivity contribution in [2.24, 2.45) is 0 Å². The van der Waals surface area contributed by atoms with Gasteiger partial charge in [0.15, 0.2) is 0 Å². The highest BCUT2D eigenvalue weighted by molar-refractivity contribution is 6.02. The van der Waals surface area contributed by atoms with Gasteiger partial charge in [-0.2, -0.15) is 0 Å². The highest BCUT2D eigenvalue weighted by atomic mass is 16.1. The summed E-state index contributed by atoms with van der Waals surface area (Å²) in [5.74, 6) is 5.23. The summed E-state index contributed by atoms with van der Waals surface area (Å²) in [6, 6.07) is 0. The number of hydrogen-bond acceptors (Lipinski definition) is 3. The molecule has 0 radical (unpaired) electrons. The highest BCUT2D eigenvalue weighted by Crippen LogP contribution is 2.10. The number of likely N-dealkylation sites (N-methyl/N-ethyl adjacent to an activating group) is 1. The third-order valence-corrected chi connectivity index (χ3v) is 2.33. The van der Waals surface area contributed by atoms with Crippen LogP contribution in [0, 0.1) is 11.8 Å². The van der Waals surface area contributed by atoms with Crippen molar-refractivity contribution in [2.75, 3.05) is 26.7 Å². The van der Waals surface area contributed by atoms with Crippen LogP contribution in [-0.2, 0) is 4.79 Å². The van der Waals surface area contributed by atoms with Crippen LogP contribution in [0.3, 0.4) is 0 Å².